The highest BCUT2D eigenvalue weighted by molar-refractivity contribution is 5.79. The van der Waals surface area contributed by atoms with E-state index in [4.69, 9.17) is 26.3 Å². The Kier molecular flexibility index (Phi) is 8.70. The lowest BCUT2D eigenvalue weighted by atomic mass is 9.63. The third kappa shape index (κ3) is 6.01. The lowest BCUT2D eigenvalue weighted by molar-refractivity contribution is 0.436. The summed E-state index contributed by atoms with van der Waals surface area (Å²) in [4.78, 5) is 19.2. The number of nitrogens with zero attached hydrogens (tertiary/aromatic N) is 4. The SMILES string of the molecule is [C-]#[N+]c1ccc(-c2cccc(-c3nc(-c4ccc(-c5ccccc5)cc4)nc(-c4cccc5c4Oc4ccccc4C5(c4ccccc4)c4ccccc4)n3)c2)cc1. The fourth-order valence-corrected chi connectivity index (χ4v) is 8.17. The molecule has 0 amide bonds. The van der Waals surface area contributed by atoms with Crippen LogP contribution in [0.1, 0.15) is 22.3 Å². The molecule has 0 N–H and O–H groups in total. The fraction of sp³-hybridized carbons (Fsp3) is 0.0189. The topological polar surface area (TPSA) is 52.3 Å². The Morgan fingerprint density at radius 2 is 0.879 bits per heavy atom. The summed E-state index contributed by atoms with van der Waals surface area (Å²) in [7, 11) is 0. The normalized spacial score (nSPS) is 12.4. The quantitative estimate of drug-likeness (QED) is 0.153. The van der Waals surface area contributed by atoms with Gasteiger partial charge in [-0.2, -0.15) is 0 Å². The summed E-state index contributed by atoms with van der Waals surface area (Å²) in [5.74, 6) is 3.07. The molecule has 5 heteroatoms. The van der Waals surface area contributed by atoms with Gasteiger partial charge in [0, 0.05) is 22.3 Å². The summed E-state index contributed by atoms with van der Waals surface area (Å²) < 4.78 is 6.99. The minimum atomic E-state index is -0.689. The Morgan fingerprint density at radius 1 is 0.397 bits per heavy atom. The van der Waals surface area contributed by atoms with Crippen molar-refractivity contribution in [2.24, 2.45) is 0 Å². The maximum absolute atomic E-state index is 7.40. The van der Waals surface area contributed by atoms with Crippen LogP contribution in [0.5, 0.6) is 11.5 Å². The van der Waals surface area contributed by atoms with Crippen LogP contribution in [0.25, 0.3) is 61.3 Å². The number of para-hydroxylation sites is 2. The second-order valence-corrected chi connectivity index (χ2v) is 14.3. The van der Waals surface area contributed by atoms with Crippen LogP contribution in [-0.4, -0.2) is 15.0 Å². The van der Waals surface area contributed by atoms with Gasteiger partial charge in [-0.15, -0.1) is 0 Å². The summed E-state index contributed by atoms with van der Waals surface area (Å²) in [5.41, 5.74) is 11.0. The Hall–Kier alpha value is -7.94. The number of hydrogen-bond acceptors (Lipinski definition) is 4. The number of ether oxygens (including phenoxy) is 1. The number of fused-ring (bicyclic) bond motifs is 2. The van der Waals surface area contributed by atoms with E-state index in [1.165, 1.54) is 0 Å². The fourth-order valence-electron chi connectivity index (χ4n) is 8.17. The van der Waals surface area contributed by atoms with Crippen LogP contribution >= 0.6 is 0 Å². The summed E-state index contributed by atoms with van der Waals surface area (Å²) >= 11 is 0. The molecule has 0 unspecified atom stereocenters. The molecule has 1 aromatic heterocycles. The van der Waals surface area contributed by atoms with Crippen LogP contribution in [0.2, 0.25) is 0 Å². The van der Waals surface area contributed by atoms with Crippen LogP contribution < -0.4 is 4.74 Å². The van der Waals surface area contributed by atoms with Crippen molar-refractivity contribution in [2.45, 2.75) is 5.41 Å². The third-order valence-electron chi connectivity index (χ3n) is 10.9. The van der Waals surface area contributed by atoms with E-state index in [1.807, 2.05) is 72.8 Å². The summed E-state index contributed by atoms with van der Waals surface area (Å²) in [6.07, 6.45) is 0. The molecule has 9 aromatic rings. The van der Waals surface area contributed by atoms with E-state index in [1.54, 1.807) is 0 Å². The van der Waals surface area contributed by atoms with Gasteiger partial charge in [-0.1, -0.05) is 188 Å². The van der Waals surface area contributed by atoms with Crippen molar-refractivity contribution in [3.63, 3.8) is 0 Å². The molecule has 0 aliphatic carbocycles. The van der Waals surface area contributed by atoms with Crippen molar-refractivity contribution < 1.29 is 4.74 Å². The first-order valence-electron chi connectivity index (χ1n) is 19.2. The van der Waals surface area contributed by atoms with Gasteiger partial charge in [0.1, 0.15) is 11.5 Å². The molecule has 272 valence electrons. The Morgan fingerprint density at radius 3 is 1.57 bits per heavy atom. The first-order valence-corrected chi connectivity index (χ1v) is 19.2. The van der Waals surface area contributed by atoms with Crippen LogP contribution in [0.3, 0.4) is 0 Å². The van der Waals surface area contributed by atoms with Crippen molar-refractivity contribution in [3.05, 3.63) is 240 Å². The zero-order chi connectivity index (χ0) is 38.9. The minimum absolute atomic E-state index is 0.505. The smallest absolute Gasteiger partial charge is 0.187 e. The molecule has 58 heavy (non-hydrogen) atoms. The first-order chi connectivity index (χ1) is 28.7. The van der Waals surface area contributed by atoms with Crippen LogP contribution in [0.4, 0.5) is 5.69 Å². The van der Waals surface area contributed by atoms with Crippen molar-refractivity contribution in [1.82, 2.24) is 15.0 Å². The van der Waals surface area contributed by atoms with E-state index in [2.05, 4.69) is 138 Å². The molecule has 1 aliphatic heterocycles. The minimum Gasteiger partial charge on any atom is -0.456 e. The highest BCUT2D eigenvalue weighted by Gasteiger charge is 2.46. The van der Waals surface area contributed by atoms with Gasteiger partial charge in [0.05, 0.1) is 17.6 Å². The Labute approximate surface area is 337 Å². The number of aromatic nitrogens is 3. The molecule has 0 spiro atoms. The predicted octanol–water partition coefficient (Wildman–Crippen LogP) is 13.2. The predicted molar refractivity (Wildman–Crippen MR) is 232 cm³/mol. The van der Waals surface area contributed by atoms with E-state index in [-0.39, 0.29) is 0 Å². The van der Waals surface area contributed by atoms with Crippen molar-refractivity contribution in [1.29, 1.82) is 0 Å². The lowest BCUT2D eigenvalue weighted by Gasteiger charge is -2.42. The average Bonchev–Trinajstić information content (AvgIpc) is 3.31. The monoisotopic (exact) mass is 742 g/mol. The van der Waals surface area contributed by atoms with Crippen molar-refractivity contribution in [3.8, 4) is 67.9 Å². The van der Waals surface area contributed by atoms with Gasteiger partial charge in [-0.3, -0.25) is 0 Å². The third-order valence-corrected chi connectivity index (χ3v) is 10.9. The van der Waals surface area contributed by atoms with E-state index < -0.39 is 5.41 Å². The van der Waals surface area contributed by atoms with Crippen molar-refractivity contribution in [2.75, 3.05) is 0 Å². The van der Waals surface area contributed by atoms with Crippen LogP contribution in [-0.2, 0) is 5.41 Å². The highest BCUT2D eigenvalue weighted by Crippen LogP contribution is 2.57. The molecule has 0 saturated heterocycles. The van der Waals surface area contributed by atoms with E-state index in [9.17, 15) is 0 Å². The number of hydrogen-bond donors (Lipinski definition) is 0. The molecule has 0 bridgehead atoms. The molecule has 0 radical (unpaired) electrons. The van der Waals surface area contributed by atoms with E-state index in [0.29, 0.717) is 28.9 Å². The molecule has 1 aliphatic rings. The van der Waals surface area contributed by atoms with Gasteiger partial charge in [0.25, 0.3) is 0 Å². The summed E-state index contributed by atoms with van der Waals surface area (Å²) in [5, 5.41) is 0. The first kappa shape index (κ1) is 34.5. The summed E-state index contributed by atoms with van der Waals surface area (Å²) in [6, 6.07) is 70.5. The van der Waals surface area contributed by atoms with Gasteiger partial charge >= 0.3 is 0 Å². The molecule has 10 rings (SSSR count). The molecular weight excluding hydrogens is 709 g/mol. The molecule has 0 fully saturated rings. The van der Waals surface area contributed by atoms with Gasteiger partial charge < -0.3 is 4.74 Å². The van der Waals surface area contributed by atoms with Gasteiger partial charge in [0.2, 0.25) is 0 Å². The van der Waals surface area contributed by atoms with Crippen LogP contribution in [0.15, 0.2) is 206 Å². The van der Waals surface area contributed by atoms with Crippen LogP contribution in [0, 0.1) is 6.57 Å². The second kappa shape index (κ2) is 14.6. The van der Waals surface area contributed by atoms with E-state index >= 15 is 0 Å². The maximum Gasteiger partial charge on any atom is 0.187 e. The zero-order valence-corrected chi connectivity index (χ0v) is 31.3. The molecule has 0 saturated carbocycles. The molecule has 2 heterocycles. The van der Waals surface area contributed by atoms with E-state index in [0.717, 1.165) is 66.9 Å². The zero-order valence-electron chi connectivity index (χ0n) is 31.3. The average molecular weight is 743 g/mol. The molecule has 8 aromatic carbocycles. The molecular formula is C53H34N4O. The molecule has 0 atom stereocenters. The highest BCUT2D eigenvalue weighted by atomic mass is 16.5. The standard InChI is InChI=1S/C53H34N4O/c1-54-44-33-31-38(32-34-44)40-17-13-18-41(35-40)51-55-50(39-29-27-37(28-30-39)36-15-5-2-6-16-36)56-52(57-51)45-23-14-25-47-49(45)58-48-26-12-11-24-46(48)53(47,42-19-7-3-8-20-42)43-21-9-4-10-22-43/h2-35H. The lowest BCUT2D eigenvalue weighted by Crippen LogP contribution is -2.34. The van der Waals surface area contributed by atoms with Crippen molar-refractivity contribution >= 4 is 5.69 Å². The summed E-state index contributed by atoms with van der Waals surface area (Å²) in [6.45, 7) is 7.40. The second-order valence-electron chi connectivity index (χ2n) is 14.3. The van der Waals surface area contributed by atoms with Gasteiger partial charge in [0.15, 0.2) is 23.2 Å². The Balaban J connectivity index is 1.19. The maximum atomic E-state index is 7.40. The van der Waals surface area contributed by atoms with Gasteiger partial charge in [-0.25, -0.2) is 19.8 Å². The Bertz CT molecular complexity index is 2920. The number of rotatable bonds is 7. The number of benzene rings is 8. The molecule has 5 nitrogen and oxygen atoms in total. The van der Waals surface area contributed by atoms with Gasteiger partial charge in [-0.05, 0) is 51.6 Å². The largest absolute Gasteiger partial charge is 0.456 e.